The Hall–Kier alpha value is -3.96. The minimum Gasteiger partial charge on any atom is -0.305 e. The summed E-state index contributed by atoms with van der Waals surface area (Å²) in [4.78, 5) is 26.8. The van der Waals surface area contributed by atoms with Crippen molar-refractivity contribution >= 4 is 22.8 Å². The largest absolute Gasteiger partial charge is 0.450 e. The molecule has 0 bridgehead atoms. The van der Waals surface area contributed by atoms with E-state index in [2.05, 4.69) is 25.3 Å². The highest BCUT2D eigenvalue weighted by atomic mass is 19.4. The number of benzene rings is 1. The van der Waals surface area contributed by atoms with Gasteiger partial charge in [0.05, 0.1) is 35.8 Å². The van der Waals surface area contributed by atoms with Crippen LogP contribution in [-0.2, 0) is 6.18 Å². The van der Waals surface area contributed by atoms with Gasteiger partial charge in [0.15, 0.2) is 23.3 Å². The number of carbonyl (C=O) groups is 1. The van der Waals surface area contributed by atoms with Gasteiger partial charge in [-0.15, -0.1) is 0 Å². The first-order chi connectivity index (χ1) is 14.6. The average Bonchev–Trinajstić information content (AvgIpc) is 3.07. The maximum Gasteiger partial charge on any atom is 0.450 e. The van der Waals surface area contributed by atoms with Crippen LogP contribution in [0.4, 0.5) is 27.8 Å². The van der Waals surface area contributed by atoms with Gasteiger partial charge >= 0.3 is 6.18 Å². The molecule has 1 amide bonds. The highest BCUT2D eigenvalue weighted by molar-refractivity contribution is 6.04. The van der Waals surface area contributed by atoms with Crippen LogP contribution < -0.4 is 5.32 Å². The molecule has 4 rings (SSSR count). The van der Waals surface area contributed by atoms with Crippen molar-refractivity contribution in [3.63, 3.8) is 0 Å². The molecule has 12 heteroatoms. The second kappa shape index (κ2) is 7.38. The van der Waals surface area contributed by atoms with Crippen LogP contribution in [0.3, 0.4) is 0 Å². The Balaban J connectivity index is 1.70. The lowest BCUT2D eigenvalue weighted by Crippen LogP contribution is -2.18. The van der Waals surface area contributed by atoms with E-state index in [-0.39, 0.29) is 22.7 Å². The lowest BCUT2D eigenvalue weighted by molar-refractivity contribution is -0.145. The first kappa shape index (κ1) is 20.3. The summed E-state index contributed by atoms with van der Waals surface area (Å²) >= 11 is 0. The zero-order valence-electron chi connectivity index (χ0n) is 15.6. The van der Waals surface area contributed by atoms with Gasteiger partial charge in [-0.25, -0.2) is 23.7 Å². The van der Waals surface area contributed by atoms with Crippen molar-refractivity contribution in [2.24, 2.45) is 0 Å². The Labute approximate surface area is 170 Å². The van der Waals surface area contributed by atoms with E-state index in [4.69, 9.17) is 0 Å². The van der Waals surface area contributed by atoms with Gasteiger partial charge in [-0.05, 0) is 24.6 Å². The molecule has 0 atom stereocenters. The maximum atomic E-state index is 13.7. The average molecular weight is 434 g/mol. The minimum atomic E-state index is -4.77. The summed E-state index contributed by atoms with van der Waals surface area (Å²) in [5, 5.41) is 2.13. The fraction of sp³-hybridized carbons (Fsp3) is 0.105. The minimum absolute atomic E-state index is 0.121. The summed E-state index contributed by atoms with van der Waals surface area (Å²) in [6.07, 6.45) is -1.50. The molecule has 0 aliphatic heterocycles. The summed E-state index contributed by atoms with van der Waals surface area (Å²) in [6, 6.07) is 4.60. The van der Waals surface area contributed by atoms with Gasteiger partial charge in [-0.1, -0.05) is 6.07 Å². The third-order valence-electron chi connectivity index (χ3n) is 4.25. The Morgan fingerprint density at radius 1 is 1.03 bits per heavy atom. The highest BCUT2D eigenvalue weighted by Gasteiger charge is 2.38. The molecule has 3 heterocycles. The van der Waals surface area contributed by atoms with Gasteiger partial charge in [0, 0.05) is 0 Å². The molecule has 0 saturated heterocycles. The molecule has 3 aromatic heterocycles. The van der Waals surface area contributed by atoms with Crippen molar-refractivity contribution in [1.29, 1.82) is 0 Å². The summed E-state index contributed by atoms with van der Waals surface area (Å²) < 4.78 is 68.7. The number of halogens is 5. The lowest BCUT2D eigenvalue weighted by atomic mass is 10.2. The SMILES string of the molecule is Cc1ccc2c(c1)nc(C(F)(F)F)n2-c1cnc(NC(=O)c2c(F)cncc2F)cn1. The Morgan fingerprint density at radius 2 is 1.74 bits per heavy atom. The number of aryl methyl sites for hydroxylation is 1. The molecular formula is C19H11F5N6O. The van der Waals surface area contributed by atoms with Gasteiger partial charge < -0.3 is 5.32 Å². The predicted molar refractivity (Wildman–Crippen MR) is 98.5 cm³/mol. The molecule has 0 aliphatic rings. The fourth-order valence-corrected chi connectivity index (χ4v) is 2.92. The molecule has 7 nitrogen and oxygen atoms in total. The quantitative estimate of drug-likeness (QED) is 0.492. The van der Waals surface area contributed by atoms with E-state index in [9.17, 15) is 26.7 Å². The zero-order chi connectivity index (χ0) is 22.3. The number of amides is 1. The van der Waals surface area contributed by atoms with E-state index >= 15 is 0 Å². The van der Waals surface area contributed by atoms with Crippen molar-refractivity contribution in [1.82, 2.24) is 24.5 Å². The van der Waals surface area contributed by atoms with Crippen LogP contribution in [0.1, 0.15) is 21.7 Å². The number of anilines is 1. The van der Waals surface area contributed by atoms with Crippen LogP contribution in [0.25, 0.3) is 16.9 Å². The second-order valence-corrected chi connectivity index (χ2v) is 6.45. The van der Waals surface area contributed by atoms with Crippen molar-refractivity contribution < 1.29 is 26.7 Å². The molecule has 0 fully saturated rings. The van der Waals surface area contributed by atoms with E-state index in [1.807, 2.05) is 0 Å². The number of aromatic nitrogens is 5. The van der Waals surface area contributed by atoms with Gasteiger partial charge in [0.25, 0.3) is 5.91 Å². The number of nitrogens with one attached hydrogen (secondary N) is 1. The molecule has 0 saturated carbocycles. The number of rotatable bonds is 3. The van der Waals surface area contributed by atoms with E-state index in [1.54, 1.807) is 13.0 Å². The van der Waals surface area contributed by atoms with Crippen LogP contribution in [0.5, 0.6) is 0 Å². The highest BCUT2D eigenvalue weighted by Crippen LogP contribution is 2.33. The van der Waals surface area contributed by atoms with E-state index in [0.29, 0.717) is 12.4 Å². The summed E-state index contributed by atoms with van der Waals surface area (Å²) in [7, 11) is 0. The molecule has 0 radical (unpaired) electrons. The monoisotopic (exact) mass is 434 g/mol. The van der Waals surface area contributed by atoms with Crippen molar-refractivity contribution in [3.8, 4) is 5.82 Å². The molecule has 1 aromatic carbocycles. The number of nitrogens with zero attached hydrogens (tertiary/aromatic N) is 5. The molecule has 0 aliphatic carbocycles. The Kier molecular flexibility index (Phi) is 4.84. The molecule has 158 valence electrons. The smallest absolute Gasteiger partial charge is 0.305 e. The molecule has 0 spiro atoms. The predicted octanol–water partition coefficient (Wildman–Crippen LogP) is 4.07. The third kappa shape index (κ3) is 3.79. The van der Waals surface area contributed by atoms with Gasteiger partial charge in [0.2, 0.25) is 5.82 Å². The van der Waals surface area contributed by atoms with Gasteiger partial charge in [-0.2, -0.15) is 13.2 Å². The molecule has 4 aromatic rings. The molecule has 31 heavy (non-hydrogen) atoms. The fourth-order valence-electron chi connectivity index (χ4n) is 2.92. The van der Waals surface area contributed by atoms with Crippen LogP contribution in [0.15, 0.2) is 43.0 Å². The number of fused-ring (bicyclic) bond motifs is 1. The third-order valence-corrected chi connectivity index (χ3v) is 4.25. The summed E-state index contributed by atoms with van der Waals surface area (Å²) in [5.41, 5.74) is 0.127. The van der Waals surface area contributed by atoms with Crippen molar-refractivity contribution in [3.05, 3.63) is 71.6 Å². The van der Waals surface area contributed by atoms with Crippen molar-refractivity contribution in [2.45, 2.75) is 13.1 Å². The normalized spacial score (nSPS) is 11.7. The number of alkyl halides is 3. The Morgan fingerprint density at radius 3 is 2.35 bits per heavy atom. The van der Waals surface area contributed by atoms with Crippen molar-refractivity contribution in [2.75, 3.05) is 5.32 Å². The van der Waals surface area contributed by atoms with Crippen LogP contribution in [0.2, 0.25) is 0 Å². The van der Waals surface area contributed by atoms with E-state index < -0.39 is 35.1 Å². The molecule has 1 N–H and O–H groups in total. The maximum absolute atomic E-state index is 13.7. The molecular weight excluding hydrogens is 423 g/mol. The van der Waals surface area contributed by atoms with Gasteiger partial charge in [0.1, 0.15) is 5.56 Å². The lowest BCUT2D eigenvalue weighted by Gasteiger charge is -2.11. The Bertz CT molecular complexity index is 1280. The van der Waals surface area contributed by atoms with Crippen LogP contribution >= 0.6 is 0 Å². The number of hydrogen-bond acceptors (Lipinski definition) is 5. The standard InChI is InChI=1S/C19H11F5N6O/c1-9-2-3-13-12(4-9)28-18(19(22,23)24)30(13)15-8-26-14(7-27-15)29-17(31)16-10(20)5-25-6-11(16)21/h2-8H,1H3,(H,26,29,31). The van der Waals surface area contributed by atoms with Gasteiger partial charge in [-0.3, -0.25) is 14.3 Å². The zero-order valence-corrected chi connectivity index (χ0v) is 15.6. The number of hydrogen-bond donors (Lipinski definition) is 1. The summed E-state index contributed by atoms with van der Waals surface area (Å²) in [6.45, 7) is 1.72. The first-order valence-electron chi connectivity index (χ1n) is 8.64. The summed E-state index contributed by atoms with van der Waals surface area (Å²) in [5.74, 6) is -5.15. The van der Waals surface area contributed by atoms with Crippen LogP contribution in [-0.4, -0.2) is 30.4 Å². The van der Waals surface area contributed by atoms with E-state index in [1.165, 1.54) is 12.1 Å². The number of pyridine rings is 1. The number of imidazole rings is 1. The van der Waals surface area contributed by atoms with Crippen LogP contribution in [0, 0.1) is 18.6 Å². The van der Waals surface area contributed by atoms with E-state index in [0.717, 1.165) is 22.5 Å². The molecule has 0 unspecified atom stereocenters. The first-order valence-corrected chi connectivity index (χ1v) is 8.64. The number of carbonyl (C=O) groups excluding carboxylic acids is 1. The second-order valence-electron chi connectivity index (χ2n) is 6.45. The topological polar surface area (TPSA) is 85.6 Å².